The highest BCUT2D eigenvalue weighted by Crippen LogP contribution is 2.32. The Bertz CT molecular complexity index is 594. The first-order valence-corrected chi connectivity index (χ1v) is 9.42. The van der Waals surface area contributed by atoms with Gasteiger partial charge in [-0.3, -0.25) is 9.69 Å². The van der Waals surface area contributed by atoms with Gasteiger partial charge in [0.2, 0.25) is 0 Å². The lowest BCUT2D eigenvalue weighted by Gasteiger charge is -2.14. The van der Waals surface area contributed by atoms with Crippen molar-refractivity contribution < 1.29 is 4.79 Å². The Morgan fingerprint density at radius 1 is 1.32 bits per heavy atom. The number of hydrogen-bond acceptors (Lipinski definition) is 4. The van der Waals surface area contributed by atoms with E-state index in [1.807, 2.05) is 18.0 Å². The van der Waals surface area contributed by atoms with Gasteiger partial charge in [0.25, 0.3) is 0 Å². The Hall–Kier alpha value is 0.470. The zero-order valence-corrected chi connectivity index (χ0v) is 16.3. The number of carbonyl (C=O) groups is 1. The number of ketones is 1. The zero-order chi connectivity index (χ0) is 14.0. The summed E-state index contributed by atoms with van der Waals surface area (Å²) >= 11 is 13.5. The van der Waals surface area contributed by atoms with Gasteiger partial charge in [-0.05, 0) is 67.0 Å². The van der Waals surface area contributed by atoms with Gasteiger partial charge < -0.3 is 0 Å². The van der Waals surface area contributed by atoms with E-state index in [1.165, 1.54) is 16.2 Å². The minimum atomic E-state index is 0.131. The standard InChI is InChI=1S/C12H10Br3NOS2/c1-16(4-8-2-7(13)6-18-8)5-10(17)9-3-11(14)19-12(9)15/h2-3,6H,4-5H2,1H3. The molecule has 102 valence electrons. The van der Waals surface area contributed by atoms with Gasteiger partial charge in [0, 0.05) is 26.8 Å². The highest BCUT2D eigenvalue weighted by Gasteiger charge is 2.16. The molecule has 0 fully saturated rings. The van der Waals surface area contributed by atoms with Gasteiger partial charge in [-0.1, -0.05) is 0 Å². The monoisotopic (exact) mass is 485 g/mol. The molecule has 2 rings (SSSR count). The number of Topliss-reactive ketones (excluding diaryl/α,β-unsaturated/α-hetero) is 1. The topological polar surface area (TPSA) is 20.3 Å². The molecule has 0 aliphatic carbocycles. The van der Waals surface area contributed by atoms with Gasteiger partial charge in [-0.15, -0.1) is 22.7 Å². The average molecular weight is 488 g/mol. The zero-order valence-electron chi connectivity index (χ0n) is 9.95. The Morgan fingerprint density at radius 3 is 2.58 bits per heavy atom. The molecular weight excluding hydrogens is 478 g/mol. The Balaban J connectivity index is 1.97. The van der Waals surface area contributed by atoms with Crippen molar-refractivity contribution in [3.05, 3.63) is 40.0 Å². The highest BCUT2D eigenvalue weighted by atomic mass is 79.9. The van der Waals surface area contributed by atoms with Crippen molar-refractivity contribution in [1.29, 1.82) is 0 Å². The highest BCUT2D eigenvalue weighted by molar-refractivity contribution is 9.12. The van der Waals surface area contributed by atoms with Crippen molar-refractivity contribution in [3.8, 4) is 0 Å². The van der Waals surface area contributed by atoms with Crippen LogP contribution in [-0.4, -0.2) is 24.3 Å². The van der Waals surface area contributed by atoms with Gasteiger partial charge in [-0.25, -0.2) is 0 Å². The SMILES string of the molecule is CN(CC(=O)c1cc(Br)sc1Br)Cc1cc(Br)cs1. The molecule has 0 spiro atoms. The van der Waals surface area contributed by atoms with Crippen molar-refractivity contribution in [2.45, 2.75) is 6.54 Å². The molecule has 0 N–H and O–H groups in total. The maximum atomic E-state index is 12.2. The second-order valence-electron chi connectivity index (χ2n) is 4.06. The molecule has 7 heteroatoms. The first-order chi connectivity index (χ1) is 8.95. The summed E-state index contributed by atoms with van der Waals surface area (Å²) in [4.78, 5) is 15.5. The van der Waals surface area contributed by atoms with E-state index in [4.69, 9.17) is 0 Å². The molecule has 2 aromatic rings. The maximum Gasteiger partial charge on any atom is 0.178 e. The van der Waals surface area contributed by atoms with E-state index in [-0.39, 0.29) is 5.78 Å². The molecule has 0 saturated heterocycles. The Labute approximate surface area is 145 Å². The molecule has 19 heavy (non-hydrogen) atoms. The van der Waals surface area contributed by atoms with Crippen LogP contribution in [0.2, 0.25) is 0 Å². The minimum Gasteiger partial charge on any atom is -0.294 e. The second kappa shape index (κ2) is 6.95. The number of likely N-dealkylation sites (N-methyl/N-ethyl adjacent to an activating group) is 1. The van der Waals surface area contributed by atoms with E-state index < -0.39 is 0 Å². The summed E-state index contributed by atoms with van der Waals surface area (Å²) in [6.07, 6.45) is 0. The molecule has 2 aromatic heterocycles. The number of nitrogens with zero attached hydrogens (tertiary/aromatic N) is 1. The molecule has 0 aromatic carbocycles. The van der Waals surface area contributed by atoms with E-state index in [1.54, 1.807) is 11.3 Å². The number of halogens is 3. The van der Waals surface area contributed by atoms with Crippen LogP contribution in [0.4, 0.5) is 0 Å². The molecule has 0 unspecified atom stereocenters. The number of hydrogen-bond donors (Lipinski definition) is 0. The van der Waals surface area contributed by atoms with E-state index in [0.29, 0.717) is 6.54 Å². The molecule has 0 amide bonds. The second-order valence-corrected chi connectivity index (χ2v) is 9.73. The lowest BCUT2D eigenvalue weighted by Crippen LogP contribution is -2.25. The fraction of sp³-hybridized carbons (Fsp3) is 0.250. The molecular formula is C12H10Br3NOS2. The summed E-state index contributed by atoms with van der Waals surface area (Å²) in [7, 11) is 1.96. The summed E-state index contributed by atoms with van der Waals surface area (Å²) in [5, 5.41) is 2.05. The predicted molar refractivity (Wildman–Crippen MR) is 92.4 cm³/mol. The molecule has 2 nitrogen and oxygen atoms in total. The molecule has 2 heterocycles. The van der Waals surface area contributed by atoms with Crippen LogP contribution in [0.3, 0.4) is 0 Å². The lowest BCUT2D eigenvalue weighted by atomic mass is 10.2. The number of rotatable bonds is 5. The number of thiophene rings is 2. The number of carbonyl (C=O) groups excluding carboxylic acids is 1. The van der Waals surface area contributed by atoms with Crippen LogP contribution in [0, 0.1) is 0 Å². The third kappa shape index (κ3) is 4.47. The van der Waals surface area contributed by atoms with Crippen molar-refractivity contribution >= 4 is 76.2 Å². The smallest absolute Gasteiger partial charge is 0.178 e. The van der Waals surface area contributed by atoms with E-state index in [0.717, 1.165) is 24.2 Å². The van der Waals surface area contributed by atoms with Crippen LogP contribution in [0.1, 0.15) is 15.2 Å². The summed E-state index contributed by atoms with van der Waals surface area (Å²) in [5.41, 5.74) is 0.746. The van der Waals surface area contributed by atoms with Gasteiger partial charge >= 0.3 is 0 Å². The predicted octanol–water partition coefficient (Wildman–Crippen LogP) is 5.41. The fourth-order valence-corrected chi connectivity index (χ4v) is 6.01. The van der Waals surface area contributed by atoms with E-state index in [2.05, 4.69) is 59.2 Å². The van der Waals surface area contributed by atoms with Gasteiger partial charge in [0.15, 0.2) is 5.78 Å². The molecule has 0 radical (unpaired) electrons. The van der Waals surface area contributed by atoms with E-state index >= 15 is 0 Å². The van der Waals surface area contributed by atoms with Crippen LogP contribution < -0.4 is 0 Å². The van der Waals surface area contributed by atoms with Crippen molar-refractivity contribution in [1.82, 2.24) is 4.90 Å². The lowest BCUT2D eigenvalue weighted by molar-refractivity contribution is 0.0943. The van der Waals surface area contributed by atoms with Crippen LogP contribution in [-0.2, 0) is 6.54 Å². The van der Waals surface area contributed by atoms with Crippen molar-refractivity contribution in [2.75, 3.05) is 13.6 Å². The third-order valence-electron chi connectivity index (χ3n) is 2.42. The molecule has 0 atom stereocenters. The molecule has 0 aliphatic heterocycles. The van der Waals surface area contributed by atoms with Crippen LogP contribution in [0.25, 0.3) is 0 Å². The Morgan fingerprint density at radius 2 is 2.05 bits per heavy atom. The third-order valence-corrected chi connectivity index (χ3v) is 6.44. The molecule has 0 aliphatic rings. The summed E-state index contributed by atoms with van der Waals surface area (Å²) in [5.74, 6) is 0.131. The van der Waals surface area contributed by atoms with Crippen LogP contribution in [0.5, 0.6) is 0 Å². The first-order valence-electron chi connectivity index (χ1n) is 5.35. The van der Waals surface area contributed by atoms with Crippen molar-refractivity contribution in [2.24, 2.45) is 0 Å². The quantitative estimate of drug-likeness (QED) is 0.525. The molecule has 0 saturated carbocycles. The van der Waals surface area contributed by atoms with Gasteiger partial charge in [-0.2, -0.15) is 0 Å². The Kier molecular flexibility index (Phi) is 5.80. The van der Waals surface area contributed by atoms with Crippen LogP contribution in [0.15, 0.2) is 29.6 Å². The minimum absolute atomic E-state index is 0.131. The van der Waals surface area contributed by atoms with Gasteiger partial charge in [0.05, 0.1) is 14.1 Å². The summed E-state index contributed by atoms with van der Waals surface area (Å²) in [6, 6.07) is 3.95. The largest absolute Gasteiger partial charge is 0.294 e. The fourth-order valence-electron chi connectivity index (χ4n) is 1.62. The van der Waals surface area contributed by atoms with Gasteiger partial charge in [0.1, 0.15) is 0 Å². The van der Waals surface area contributed by atoms with Crippen LogP contribution >= 0.6 is 70.5 Å². The van der Waals surface area contributed by atoms with E-state index in [9.17, 15) is 4.79 Å². The summed E-state index contributed by atoms with van der Waals surface area (Å²) in [6.45, 7) is 1.20. The normalized spacial score (nSPS) is 11.2. The van der Waals surface area contributed by atoms with Crippen molar-refractivity contribution in [3.63, 3.8) is 0 Å². The summed E-state index contributed by atoms with van der Waals surface area (Å²) < 4.78 is 2.95. The molecule has 0 bridgehead atoms. The maximum absolute atomic E-state index is 12.2. The average Bonchev–Trinajstić information content (AvgIpc) is 2.84. The first kappa shape index (κ1) is 15.9.